The molecule has 1 saturated heterocycles. The van der Waals surface area contributed by atoms with Gasteiger partial charge < -0.3 is 10.6 Å². The van der Waals surface area contributed by atoms with Crippen LogP contribution in [0.2, 0.25) is 0 Å². The number of nitrogens with one attached hydrogen (secondary N) is 2. The fourth-order valence-corrected chi connectivity index (χ4v) is 3.47. The van der Waals surface area contributed by atoms with Crippen LogP contribution in [-0.4, -0.2) is 37.0 Å². The second-order valence-electron chi connectivity index (χ2n) is 7.10. The average molecular weight is 351 g/mol. The van der Waals surface area contributed by atoms with Crippen LogP contribution in [0.1, 0.15) is 29.5 Å². The molecule has 138 valence electrons. The van der Waals surface area contributed by atoms with Gasteiger partial charge >= 0.3 is 0 Å². The van der Waals surface area contributed by atoms with Crippen LogP contribution in [0.4, 0.5) is 0 Å². The molecule has 0 spiro atoms. The molecule has 0 radical (unpaired) electrons. The van der Waals surface area contributed by atoms with Gasteiger partial charge in [0.2, 0.25) is 0 Å². The summed E-state index contributed by atoms with van der Waals surface area (Å²) in [4.78, 5) is 6.93. The van der Waals surface area contributed by atoms with Gasteiger partial charge in [0.25, 0.3) is 0 Å². The maximum absolute atomic E-state index is 4.39. The van der Waals surface area contributed by atoms with Crippen LogP contribution < -0.4 is 10.6 Å². The number of nitrogens with zero attached hydrogens (tertiary/aromatic N) is 2. The zero-order valence-corrected chi connectivity index (χ0v) is 15.9. The van der Waals surface area contributed by atoms with Crippen LogP contribution in [-0.2, 0) is 13.1 Å². The van der Waals surface area contributed by atoms with Crippen LogP contribution >= 0.6 is 0 Å². The summed E-state index contributed by atoms with van der Waals surface area (Å²) in [6.07, 6.45) is 2.30. The van der Waals surface area contributed by atoms with E-state index < -0.39 is 0 Å². The third-order valence-corrected chi connectivity index (χ3v) is 4.94. The molecule has 1 aliphatic heterocycles. The van der Waals surface area contributed by atoms with Crippen molar-refractivity contribution in [2.75, 3.05) is 20.1 Å². The number of hydrogen-bond acceptors (Lipinski definition) is 2. The Morgan fingerprint density at radius 1 is 1.04 bits per heavy atom. The lowest BCUT2D eigenvalue weighted by Gasteiger charge is -2.33. The normalized spacial score (nSPS) is 16.5. The van der Waals surface area contributed by atoms with E-state index in [0.717, 1.165) is 45.0 Å². The Labute approximate surface area is 157 Å². The number of aryl methyl sites for hydroxylation is 1. The SMILES string of the molecule is CN=C(NCc1cccc(C)c1)NC1CCN(Cc2ccccc2)CC1. The van der Waals surface area contributed by atoms with Crippen molar-refractivity contribution < 1.29 is 0 Å². The number of benzene rings is 2. The van der Waals surface area contributed by atoms with Gasteiger partial charge in [0, 0.05) is 39.3 Å². The molecule has 1 heterocycles. The van der Waals surface area contributed by atoms with Crippen LogP contribution in [0.3, 0.4) is 0 Å². The Balaban J connectivity index is 1.42. The Bertz CT molecular complexity index is 703. The number of aliphatic imine (C=N–C) groups is 1. The lowest BCUT2D eigenvalue weighted by atomic mass is 10.0. The summed E-state index contributed by atoms with van der Waals surface area (Å²) in [5, 5.41) is 7.02. The minimum absolute atomic E-state index is 0.491. The van der Waals surface area contributed by atoms with Crippen LogP contribution in [0, 0.1) is 6.92 Å². The van der Waals surface area contributed by atoms with Gasteiger partial charge in [0.1, 0.15) is 0 Å². The monoisotopic (exact) mass is 350 g/mol. The number of likely N-dealkylation sites (tertiary alicyclic amines) is 1. The fraction of sp³-hybridized carbons (Fsp3) is 0.409. The van der Waals surface area contributed by atoms with Gasteiger partial charge in [-0.1, -0.05) is 60.2 Å². The van der Waals surface area contributed by atoms with Gasteiger partial charge in [-0.3, -0.25) is 9.89 Å². The maximum atomic E-state index is 4.39. The maximum Gasteiger partial charge on any atom is 0.191 e. The van der Waals surface area contributed by atoms with Crippen molar-refractivity contribution in [3.8, 4) is 0 Å². The summed E-state index contributed by atoms with van der Waals surface area (Å²) in [5.41, 5.74) is 3.97. The molecule has 0 amide bonds. The van der Waals surface area contributed by atoms with Gasteiger partial charge in [-0.2, -0.15) is 0 Å². The highest BCUT2D eigenvalue weighted by atomic mass is 15.2. The van der Waals surface area contributed by atoms with Crippen molar-refractivity contribution in [2.45, 2.75) is 38.9 Å². The van der Waals surface area contributed by atoms with E-state index in [9.17, 15) is 0 Å². The first kappa shape index (κ1) is 18.5. The van der Waals surface area contributed by atoms with Gasteiger partial charge in [-0.25, -0.2) is 0 Å². The molecule has 0 atom stereocenters. The van der Waals surface area contributed by atoms with Crippen molar-refractivity contribution in [2.24, 2.45) is 4.99 Å². The van der Waals surface area contributed by atoms with Crippen molar-refractivity contribution in [3.63, 3.8) is 0 Å². The zero-order chi connectivity index (χ0) is 18.2. The van der Waals surface area contributed by atoms with Crippen molar-refractivity contribution in [1.82, 2.24) is 15.5 Å². The van der Waals surface area contributed by atoms with E-state index >= 15 is 0 Å². The first-order valence-corrected chi connectivity index (χ1v) is 9.52. The van der Waals surface area contributed by atoms with Gasteiger partial charge in [0.05, 0.1) is 0 Å². The van der Waals surface area contributed by atoms with Gasteiger partial charge in [-0.05, 0) is 30.9 Å². The smallest absolute Gasteiger partial charge is 0.191 e. The summed E-state index contributed by atoms with van der Waals surface area (Å²) >= 11 is 0. The van der Waals surface area contributed by atoms with E-state index in [0.29, 0.717) is 6.04 Å². The minimum atomic E-state index is 0.491. The quantitative estimate of drug-likeness (QED) is 0.642. The summed E-state index contributed by atoms with van der Waals surface area (Å²) in [7, 11) is 1.84. The Hall–Kier alpha value is -2.33. The van der Waals surface area contributed by atoms with E-state index in [-0.39, 0.29) is 0 Å². The van der Waals surface area contributed by atoms with E-state index in [1.807, 2.05) is 7.05 Å². The zero-order valence-electron chi connectivity index (χ0n) is 15.9. The first-order chi connectivity index (χ1) is 12.7. The lowest BCUT2D eigenvalue weighted by molar-refractivity contribution is 0.198. The fourth-order valence-electron chi connectivity index (χ4n) is 3.47. The molecule has 4 heteroatoms. The molecular weight excluding hydrogens is 320 g/mol. The van der Waals surface area contributed by atoms with E-state index in [1.54, 1.807) is 0 Å². The molecule has 2 aromatic rings. The molecule has 4 nitrogen and oxygen atoms in total. The van der Waals surface area contributed by atoms with Gasteiger partial charge in [-0.15, -0.1) is 0 Å². The summed E-state index contributed by atoms with van der Waals surface area (Å²) < 4.78 is 0. The summed E-state index contributed by atoms with van der Waals surface area (Å²) in [5.74, 6) is 0.896. The van der Waals surface area contributed by atoms with Crippen molar-refractivity contribution >= 4 is 5.96 Å². The molecule has 0 aliphatic carbocycles. The molecule has 26 heavy (non-hydrogen) atoms. The molecule has 1 fully saturated rings. The molecule has 1 aliphatic rings. The van der Waals surface area contributed by atoms with E-state index in [1.165, 1.54) is 16.7 Å². The molecule has 0 bridgehead atoms. The molecule has 2 aromatic carbocycles. The predicted octanol–water partition coefficient (Wildman–Crippen LogP) is 3.32. The van der Waals surface area contributed by atoms with E-state index in [2.05, 4.69) is 82.0 Å². The standard InChI is InChI=1S/C22H30N4/c1-18-7-6-10-20(15-18)16-24-22(23-2)25-21-11-13-26(14-12-21)17-19-8-4-3-5-9-19/h3-10,15,21H,11-14,16-17H2,1-2H3,(H2,23,24,25). The molecule has 0 saturated carbocycles. The number of rotatable bonds is 5. The third-order valence-electron chi connectivity index (χ3n) is 4.94. The molecule has 0 unspecified atom stereocenters. The second-order valence-corrected chi connectivity index (χ2v) is 7.10. The van der Waals surface area contributed by atoms with E-state index in [4.69, 9.17) is 0 Å². The van der Waals surface area contributed by atoms with Crippen molar-refractivity contribution in [3.05, 3.63) is 71.3 Å². The summed E-state index contributed by atoms with van der Waals surface area (Å²) in [6, 6.07) is 19.8. The Morgan fingerprint density at radius 2 is 1.77 bits per heavy atom. The predicted molar refractivity (Wildman–Crippen MR) is 109 cm³/mol. The molecule has 0 aromatic heterocycles. The largest absolute Gasteiger partial charge is 0.354 e. The minimum Gasteiger partial charge on any atom is -0.354 e. The highest BCUT2D eigenvalue weighted by Gasteiger charge is 2.19. The highest BCUT2D eigenvalue weighted by molar-refractivity contribution is 5.79. The van der Waals surface area contributed by atoms with Crippen LogP contribution in [0.5, 0.6) is 0 Å². The van der Waals surface area contributed by atoms with Crippen LogP contribution in [0.15, 0.2) is 59.6 Å². The topological polar surface area (TPSA) is 39.7 Å². The Kier molecular flexibility index (Phi) is 6.67. The van der Waals surface area contributed by atoms with Gasteiger partial charge in [0.15, 0.2) is 5.96 Å². The number of hydrogen-bond donors (Lipinski definition) is 2. The Morgan fingerprint density at radius 3 is 2.46 bits per heavy atom. The molecule has 3 rings (SSSR count). The molecular formula is C22H30N4. The summed E-state index contributed by atoms with van der Waals surface area (Å²) in [6.45, 7) is 6.23. The molecule has 2 N–H and O–H groups in total. The average Bonchev–Trinajstić information content (AvgIpc) is 2.67. The lowest BCUT2D eigenvalue weighted by Crippen LogP contribution is -2.48. The number of piperidine rings is 1. The number of guanidine groups is 1. The second kappa shape index (κ2) is 9.39. The first-order valence-electron chi connectivity index (χ1n) is 9.52. The third kappa shape index (κ3) is 5.60. The van der Waals surface area contributed by atoms with Crippen molar-refractivity contribution in [1.29, 1.82) is 0 Å². The highest BCUT2D eigenvalue weighted by Crippen LogP contribution is 2.14. The van der Waals surface area contributed by atoms with Crippen LogP contribution in [0.25, 0.3) is 0 Å².